The van der Waals surface area contributed by atoms with Crippen LogP contribution in [0.15, 0.2) is 25.0 Å². The Morgan fingerprint density at radius 3 is 1.62 bits per heavy atom. The average molecular weight is 256 g/mol. The topological polar surface area (TPSA) is 113 Å². The maximum absolute atomic E-state index is 9.63. The summed E-state index contributed by atoms with van der Waals surface area (Å²) in [6.45, 7) is 7.53. The van der Waals surface area contributed by atoms with Crippen LogP contribution >= 0.6 is 7.82 Å². The van der Waals surface area contributed by atoms with Crippen LogP contribution in [0.25, 0.3) is 0 Å². The standard InChI is InChI=1S/C4H6O2.C2H5O4P.C2H6O/c1-3(2)4(5)6;1-2-6-7(3,4)5;1-3-2/h1H2,2H3,(H,5,6);2H,1H2,(H2,3,4,5);1-2H3. The summed E-state index contributed by atoms with van der Waals surface area (Å²) in [5.41, 5.74) is 0.176. The third-order valence-corrected chi connectivity index (χ3v) is 1.00. The highest BCUT2D eigenvalue weighted by atomic mass is 31.2. The molecule has 0 aromatic carbocycles. The number of ether oxygens (including phenoxy) is 1. The Hall–Kier alpha value is -1.14. The quantitative estimate of drug-likeness (QED) is 0.394. The third-order valence-electron chi connectivity index (χ3n) is 0.577. The van der Waals surface area contributed by atoms with Crippen molar-refractivity contribution in [1.29, 1.82) is 0 Å². The number of hydrogen-bond acceptors (Lipinski definition) is 4. The Morgan fingerprint density at radius 1 is 1.38 bits per heavy atom. The van der Waals surface area contributed by atoms with Gasteiger partial charge in [-0.25, -0.2) is 9.36 Å². The van der Waals surface area contributed by atoms with Crippen molar-refractivity contribution in [2.75, 3.05) is 14.2 Å². The van der Waals surface area contributed by atoms with E-state index in [9.17, 15) is 9.36 Å². The predicted molar refractivity (Wildman–Crippen MR) is 58.7 cm³/mol. The molecule has 0 atom stereocenters. The van der Waals surface area contributed by atoms with Crippen LogP contribution in [0, 0.1) is 0 Å². The van der Waals surface area contributed by atoms with Crippen LogP contribution in [0.1, 0.15) is 6.92 Å². The van der Waals surface area contributed by atoms with Gasteiger partial charge in [-0.2, -0.15) is 0 Å². The van der Waals surface area contributed by atoms with E-state index in [1.165, 1.54) is 6.92 Å². The van der Waals surface area contributed by atoms with E-state index in [0.717, 1.165) is 0 Å². The normalized spacial score (nSPS) is 8.56. The zero-order valence-corrected chi connectivity index (χ0v) is 10.3. The molecular formula is C8H17O7P. The van der Waals surface area contributed by atoms with Gasteiger partial charge in [0.25, 0.3) is 0 Å². The molecule has 0 saturated carbocycles. The Labute approximate surface area is 94.2 Å². The van der Waals surface area contributed by atoms with Crippen molar-refractivity contribution in [3.8, 4) is 0 Å². The zero-order valence-electron chi connectivity index (χ0n) is 9.41. The lowest BCUT2D eigenvalue weighted by molar-refractivity contribution is -0.132. The molecule has 3 N–H and O–H groups in total. The second kappa shape index (κ2) is 11.9. The lowest BCUT2D eigenvalue weighted by atomic mass is 10.4. The minimum Gasteiger partial charge on any atom is -0.478 e. The largest absolute Gasteiger partial charge is 0.524 e. The van der Waals surface area contributed by atoms with Gasteiger partial charge >= 0.3 is 13.8 Å². The zero-order chi connectivity index (χ0) is 13.8. The third kappa shape index (κ3) is 38.4. The van der Waals surface area contributed by atoms with Crippen LogP contribution in [-0.4, -0.2) is 35.1 Å². The lowest BCUT2D eigenvalue weighted by Gasteiger charge is -1.96. The first-order valence-corrected chi connectivity index (χ1v) is 5.29. The van der Waals surface area contributed by atoms with Gasteiger partial charge in [0, 0.05) is 19.8 Å². The van der Waals surface area contributed by atoms with Crippen molar-refractivity contribution in [2.24, 2.45) is 0 Å². The molecule has 0 radical (unpaired) electrons. The Morgan fingerprint density at radius 2 is 1.62 bits per heavy atom. The van der Waals surface area contributed by atoms with E-state index < -0.39 is 13.8 Å². The molecule has 0 aliphatic heterocycles. The molecular weight excluding hydrogens is 239 g/mol. The van der Waals surface area contributed by atoms with Crippen molar-refractivity contribution in [3.05, 3.63) is 25.0 Å². The second-order valence-corrected chi connectivity index (χ2v) is 3.45. The molecule has 0 rings (SSSR count). The van der Waals surface area contributed by atoms with Crippen molar-refractivity contribution < 1.29 is 33.5 Å². The number of phosphoric ester groups is 1. The molecule has 8 heteroatoms. The first-order valence-electron chi connectivity index (χ1n) is 3.76. The van der Waals surface area contributed by atoms with E-state index in [2.05, 4.69) is 22.4 Å². The minimum absolute atomic E-state index is 0.176. The van der Waals surface area contributed by atoms with Crippen LogP contribution in [-0.2, 0) is 18.6 Å². The van der Waals surface area contributed by atoms with Crippen LogP contribution in [0.2, 0.25) is 0 Å². The molecule has 0 aliphatic carbocycles. The summed E-state index contributed by atoms with van der Waals surface area (Å²) in [4.78, 5) is 25.3. The molecule has 0 aromatic rings. The van der Waals surface area contributed by atoms with Crippen molar-refractivity contribution in [1.82, 2.24) is 0 Å². The summed E-state index contributed by atoms with van der Waals surface area (Å²) < 4.78 is 17.5. The number of rotatable bonds is 3. The number of phosphoric acid groups is 1. The van der Waals surface area contributed by atoms with Gasteiger partial charge < -0.3 is 14.4 Å². The van der Waals surface area contributed by atoms with Gasteiger partial charge in [0.1, 0.15) is 0 Å². The molecule has 16 heavy (non-hydrogen) atoms. The highest BCUT2D eigenvalue weighted by Gasteiger charge is 2.10. The van der Waals surface area contributed by atoms with E-state index in [0.29, 0.717) is 6.26 Å². The van der Waals surface area contributed by atoms with Gasteiger partial charge in [0.15, 0.2) is 0 Å². The molecule has 0 saturated heterocycles. The number of hydrogen-bond donors (Lipinski definition) is 3. The number of carboxylic acid groups (broad SMARTS) is 1. The number of carbonyl (C=O) groups is 1. The first kappa shape index (κ1) is 20.3. The Bertz CT molecular complexity index is 243. The van der Waals surface area contributed by atoms with Crippen molar-refractivity contribution >= 4 is 13.8 Å². The fraction of sp³-hybridized carbons (Fsp3) is 0.375. The van der Waals surface area contributed by atoms with E-state index in [1.807, 2.05) is 0 Å². The van der Waals surface area contributed by atoms with Crippen molar-refractivity contribution in [3.63, 3.8) is 0 Å². The van der Waals surface area contributed by atoms with Crippen LogP contribution in [0.3, 0.4) is 0 Å². The maximum Gasteiger partial charge on any atom is 0.524 e. The maximum atomic E-state index is 9.63. The predicted octanol–water partition coefficient (Wildman–Crippen LogP) is 1.15. The molecule has 0 fully saturated rings. The number of carboxylic acids is 1. The molecule has 7 nitrogen and oxygen atoms in total. The monoisotopic (exact) mass is 256 g/mol. The number of aliphatic carboxylic acids is 1. The van der Waals surface area contributed by atoms with Crippen molar-refractivity contribution in [2.45, 2.75) is 6.92 Å². The molecule has 0 aromatic heterocycles. The van der Waals surface area contributed by atoms with Gasteiger partial charge in [-0.15, -0.1) is 0 Å². The van der Waals surface area contributed by atoms with Gasteiger partial charge in [-0.05, 0) is 6.92 Å². The summed E-state index contributed by atoms with van der Waals surface area (Å²) in [5.74, 6) is -0.935. The van der Waals surface area contributed by atoms with Gasteiger partial charge in [0.2, 0.25) is 0 Å². The van der Waals surface area contributed by atoms with Crippen LogP contribution < -0.4 is 0 Å². The van der Waals surface area contributed by atoms with E-state index in [-0.39, 0.29) is 5.57 Å². The fourth-order valence-electron chi connectivity index (χ4n) is 0.0971. The minimum atomic E-state index is -4.28. The second-order valence-electron chi connectivity index (χ2n) is 2.26. The fourth-order valence-corrected chi connectivity index (χ4v) is 0.291. The van der Waals surface area contributed by atoms with Gasteiger partial charge in [-0.3, -0.25) is 9.79 Å². The highest BCUT2D eigenvalue weighted by molar-refractivity contribution is 7.46. The Balaban J connectivity index is -0.000000172. The first-order chi connectivity index (χ1) is 7.12. The summed E-state index contributed by atoms with van der Waals surface area (Å²) in [6, 6.07) is 0. The smallest absolute Gasteiger partial charge is 0.478 e. The Kier molecular flexibility index (Phi) is 15.1. The molecule has 0 bridgehead atoms. The van der Waals surface area contributed by atoms with E-state index in [4.69, 9.17) is 14.9 Å². The molecule has 0 aliphatic rings. The number of methoxy groups -OCH3 is 1. The summed E-state index contributed by atoms with van der Waals surface area (Å²) >= 11 is 0. The summed E-state index contributed by atoms with van der Waals surface area (Å²) in [6.07, 6.45) is 0.695. The van der Waals surface area contributed by atoms with Gasteiger partial charge in [0.05, 0.1) is 6.26 Å². The molecule has 96 valence electrons. The van der Waals surface area contributed by atoms with E-state index in [1.54, 1.807) is 14.2 Å². The lowest BCUT2D eigenvalue weighted by Crippen LogP contribution is -1.92. The molecule has 0 amide bonds. The highest BCUT2D eigenvalue weighted by Crippen LogP contribution is 2.35. The van der Waals surface area contributed by atoms with Crippen LogP contribution in [0.4, 0.5) is 0 Å². The molecule has 0 spiro atoms. The molecule has 0 unspecified atom stereocenters. The SMILES string of the molecule is C=C(C)C(=O)O.C=COP(=O)(O)O.COC. The van der Waals surface area contributed by atoms with Gasteiger partial charge in [-0.1, -0.05) is 13.2 Å². The molecule has 0 heterocycles. The summed E-state index contributed by atoms with van der Waals surface area (Å²) in [7, 11) is -1.03. The van der Waals surface area contributed by atoms with E-state index >= 15 is 0 Å². The average Bonchev–Trinajstić information content (AvgIpc) is 2.03. The van der Waals surface area contributed by atoms with Crippen LogP contribution in [0.5, 0.6) is 0 Å². The summed E-state index contributed by atoms with van der Waals surface area (Å²) in [5, 5.41) is 7.89.